The summed E-state index contributed by atoms with van der Waals surface area (Å²) in [4.78, 5) is 26.1. The number of hydrogen-bond acceptors (Lipinski definition) is 9. The molecule has 1 aromatic carbocycles. The van der Waals surface area contributed by atoms with Crippen molar-refractivity contribution < 1.29 is 23.1 Å². The van der Waals surface area contributed by atoms with Gasteiger partial charge in [-0.1, -0.05) is 11.8 Å². The second-order valence-corrected chi connectivity index (χ2v) is 6.94. The van der Waals surface area contributed by atoms with Crippen LogP contribution in [-0.4, -0.2) is 48.7 Å². The Morgan fingerprint density at radius 1 is 1.24 bits per heavy atom. The van der Waals surface area contributed by atoms with Gasteiger partial charge < -0.3 is 18.3 Å². The first-order chi connectivity index (χ1) is 14.1. The van der Waals surface area contributed by atoms with Crippen LogP contribution in [0.1, 0.15) is 12.7 Å². The molecule has 4 rings (SSSR count). The third kappa shape index (κ3) is 3.15. The van der Waals surface area contributed by atoms with E-state index >= 15 is 0 Å². The van der Waals surface area contributed by atoms with Gasteiger partial charge >= 0.3 is 0 Å². The summed E-state index contributed by atoms with van der Waals surface area (Å²) in [7, 11) is 2.93. The fourth-order valence-corrected chi connectivity index (χ4v) is 4.07. The van der Waals surface area contributed by atoms with Gasteiger partial charge in [-0.3, -0.25) is 14.5 Å². The first-order valence-corrected chi connectivity index (χ1v) is 9.70. The molecule has 9 nitrogen and oxygen atoms in total. The van der Waals surface area contributed by atoms with Crippen LogP contribution in [0.4, 0.5) is 0 Å². The molecule has 0 radical (unpaired) electrons. The number of nitrogens with zero attached hydrogens (tertiary/aromatic N) is 3. The molecule has 1 saturated heterocycles. The molecule has 0 saturated carbocycles. The van der Waals surface area contributed by atoms with E-state index in [0.717, 1.165) is 0 Å². The average Bonchev–Trinajstić information content (AvgIpc) is 3.33. The second kappa shape index (κ2) is 7.63. The second-order valence-electron chi connectivity index (χ2n) is 6.00. The van der Waals surface area contributed by atoms with E-state index in [4.69, 9.17) is 18.3 Å². The van der Waals surface area contributed by atoms with E-state index in [0.29, 0.717) is 34.2 Å². The molecule has 0 unspecified atom stereocenters. The summed E-state index contributed by atoms with van der Waals surface area (Å²) in [6, 6.07) is 2.99. The van der Waals surface area contributed by atoms with Gasteiger partial charge in [0.05, 0.1) is 37.8 Å². The molecular weight excluding hydrogens is 398 g/mol. The minimum absolute atomic E-state index is 0.0111. The lowest BCUT2D eigenvalue weighted by molar-refractivity contribution is -0.123. The Kier molecular flexibility index (Phi) is 5.01. The van der Waals surface area contributed by atoms with Crippen molar-refractivity contribution in [3.8, 4) is 11.5 Å². The normalized spacial score (nSPS) is 16.0. The number of benzene rings is 1. The van der Waals surface area contributed by atoms with E-state index in [1.165, 1.54) is 44.5 Å². The summed E-state index contributed by atoms with van der Waals surface area (Å²) in [5.41, 5.74) is 0.280. The van der Waals surface area contributed by atoms with E-state index in [1.807, 2.05) is 6.92 Å². The van der Waals surface area contributed by atoms with Gasteiger partial charge in [0, 0.05) is 12.6 Å². The zero-order valence-electron chi connectivity index (χ0n) is 15.9. The molecule has 0 atom stereocenters. The van der Waals surface area contributed by atoms with Gasteiger partial charge in [-0.15, -0.1) is 5.10 Å². The first-order valence-electron chi connectivity index (χ1n) is 8.72. The number of ether oxygens (including phenoxy) is 2. The van der Waals surface area contributed by atoms with Crippen LogP contribution in [0.3, 0.4) is 0 Å². The van der Waals surface area contributed by atoms with E-state index in [2.05, 4.69) is 10.2 Å². The predicted octanol–water partition coefficient (Wildman–Crippen LogP) is 2.84. The number of carbonyl (C=O) groups is 1. The molecule has 1 amide bonds. The molecule has 0 aliphatic carbocycles. The monoisotopic (exact) mass is 415 g/mol. The highest BCUT2D eigenvalue weighted by Gasteiger charge is 2.26. The zero-order valence-corrected chi connectivity index (χ0v) is 16.7. The molecule has 2 aromatic heterocycles. The van der Waals surface area contributed by atoms with Crippen LogP contribution in [0.2, 0.25) is 0 Å². The molecular formula is C19H17N3O6S. The summed E-state index contributed by atoms with van der Waals surface area (Å²) < 4.78 is 22.2. The minimum atomic E-state index is -0.320. The number of furan rings is 1. The summed E-state index contributed by atoms with van der Waals surface area (Å²) in [6.07, 6.45) is 2.79. The number of fused-ring (bicyclic) bond motifs is 2. The molecule has 0 spiro atoms. The largest absolute Gasteiger partial charge is 0.495 e. The molecule has 3 aromatic rings. The average molecular weight is 415 g/mol. The third-order valence-electron chi connectivity index (χ3n) is 4.43. The van der Waals surface area contributed by atoms with Gasteiger partial charge in [-0.25, -0.2) is 0 Å². The summed E-state index contributed by atoms with van der Waals surface area (Å²) in [6.45, 7) is 2.38. The Labute approximate surface area is 169 Å². The standard InChI is InChI=1S/C19H17N3O6S/c1-4-22-13(24)9-29-19(22)21-20-8-10-7-12(23)14-15(25-2)11-5-6-27-16(11)18(26-3)17(14)28-10/h5-8H,4,9H2,1-3H3/b20-8+,21-19-. The third-order valence-corrected chi connectivity index (χ3v) is 5.38. The van der Waals surface area contributed by atoms with Crippen molar-refractivity contribution in [2.75, 3.05) is 26.5 Å². The maximum absolute atomic E-state index is 12.8. The van der Waals surface area contributed by atoms with Gasteiger partial charge in [0.1, 0.15) is 11.1 Å². The number of rotatable bonds is 5. The molecule has 0 bridgehead atoms. The molecule has 1 aliphatic heterocycles. The lowest BCUT2D eigenvalue weighted by atomic mass is 10.1. The lowest BCUT2D eigenvalue weighted by Crippen LogP contribution is -2.28. The SMILES string of the molecule is CCN1C(=O)CS/C1=N\N=C\c1cc(=O)c2c(OC)c3ccoc3c(OC)c2o1. The van der Waals surface area contributed by atoms with Crippen molar-refractivity contribution in [3.63, 3.8) is 0 Å². The number of hydrogen-bond donors (Lipinski definition) is 0. The highest BCUT2D eigenvalue weighted by Crippen LogP contribution is 2.41. The Morgan fingerprint density at radius 3 is 2.76 bits per heavy atom. The van der Waals surface area contributed by atoms with Crippen LogP contribution >= 0.6 is 11.8 Å². The van der Waals surface area contributed by atoms with E-state index in [1.54, 1.807) is 11.0 Å². The predicted molar refractivity (Wildman–Crippen MR) is 110 cm³/mol. The summed E-state index contributed by atoms with van der Waals surface area (Å²) >= 11 is 1.31. The first kappa shape index (κ1) is 19.1. The van der Waals surface area contributed by atoms with Crippen LogP contribution < -0.4 is 14.9 Å². The molecule has 0 N–H and O–H groups in total. The number of carbonyl (C=O) groups excluding carboxylic acids is 1. The zero-order chi connectivity index (χ0) is 20.5. The highest BCUT2D eigenvalue weighted by molar-refractivity contribution is 8.15. The van der Waals surface area contributed by atoms with Crippen molar-refractivity contribution in [1.29, 1.82) is 0 Å². The van der Waals surface area contributed by atoms with E-state index in [-0.39, 0.29) is 33.8 Å². The van der Waals surface area contributed by atoms with Crippen LogP contribution in [0.25, 0.3) is 21.9 Å². The minimum Gasteiger partial charge on any atom is -0.495 e. The van der Waals surface area contributed by atoms with Crippen LogP contribution in [0.5, 0.6) is 11.5 Å². The maximum atomic E-state index is 12.8. The fraction of sp³-hybridized carbons (Fsp3) is 0.263. The van der Waals surface area contributed by atoms with Crippen molar-refractivity contribution in [2.45, 2.75) is 6.92 Å². The van der Waals surface area contributed by atoms with Gasteiger partial charge in [0.25, 0.3) is 0 Å². The number of methoxy groups -OCH3 is 2. The Hall–Kier alpha value is -3.27. The Bertz CT molecular complexity index is 1230. The van der Waals surface area contributed by atoms with Crippen LogP contribution in [-0.2, 0) is 4.79 Å². The molecule has 1 fully saturated rings. The number of thioether (sulfide) groups is 1. The quantitative estimate of drug-likeness (QED) is 0.466. The molecule has 150 valence electrons. The maximum Gasteiger partial charge on any atom is 0.239 e. The highest BCUT2D eigenvalue weighted by atomic mass is 32.2. The van der Waals surface area contributed by atoms with Gasteiger partial charge in [0.15, 0.2) is 27.5 Å². The van der Waals surface area contributed by atoms with Crippen molar-refractivity contribution >= 4 is 51.0 Å². The van der Waals surface area contributed by atoms with Gasteiger partial charge in [0.2, 0.25) is 11.7 Å². The van der Waals surface area contributed by atoms with E-state index < -0.39 is 0 Å². The molecule has 10 heteroatoms. The van der Waals surface area contributed by atoms with Crippen molar-refractivity contribution in [3.05, 3.63) is 34.4 Å². The van der Waals surface area contributed by atoms with Gasteiger partial charge in [-0.05, 0) is 13.0 Å². The van der Waals surface area contributed by atoms with Crippen LogP contribution in [0, 0.1) is 0 Å². The summed E-state index contributed by atoms with van der Waals surface area (Å²) in [5, 5.41) is 9.41. The molecule has 3 heterocycles. The Morgan fingerprint density at radius 2 is 2.03 bits per heavy atom. The fourth-order valence-electron chi connectivity index (χ4n) is 3.17. The molecule has 29 heavy (non-hydrogen) atoms. The molecule has 1 aliphatic rings. The van der Waals surface area contributed by atoms with E-state index in [9.17, 15) is 9.59 Å². The number of amidine groups is 1. The lowest BCUT2D eigenvalue weighted by Gasteiger charge is -2.11. The van der Waals surface area contributed by atoms with Crippen LogP contribution in [0.15, 0.2) is 42.2 Å². The smallest absolute Gasteiger partial charge is 0.239 e. The van der Waals surface area contributed by atoms with Crippen molar-refractivity contribution in [1.82, 2.24) is 4.90 Å². The topological polar surface area (TPSA) is 107 Å². The summed E-state index contributed by atoms with van der Waals surface area (Å²) in [5.74, 6) is 1.14. The number of amides is 1. The Balaban J connectivity index is 1.82. The van der Waals surface area contributed by atoms with Gasteiger partial charge in [-0.2, -0.15) is 5.10 Å². The van der Waals surface area contributed by atoms with Crippen molar-refractivity contribution in [2.24, 2.45) is 10.2 Å².